The molecule has 0 amide bonds. The molecule has 0 unspecified atom stereocenters. The second-order valence-electron chi connectivity index (χ2n) is 8.30. The summed E-state index contributed by atoms with van der Waals surface area (Å²) in [5.41, 5.74) is 3.81. The molecule has 3 N–H and O–H groups in total. The minimum atomic E-state index is -0.808. The second-order valence-corrected chi connectivity index (χ2v) is 8.30. The third kappa shape index (κ3) is 5.81. The van der Waals surface area contributed by atoms with Gasteiger partial charge in [0.15, 0.2) is 0 Å². The molecule has 6 nitrogen and oxygen atoms in total. The predicted molar refractivity (Wildman–Crippen MR) is 139 cm³/mol. The van der Waals surface area contributed by atoms with Crippen molar-refractivity contribution in [1.29, 1.82) is 0 Å². The quantitative estimate of drug-likeness (QED) is 0.293. The molecule has 7 heteroatoms. The SMILES string of the molecule is CCN(CC)c1ccc(NC[C@@H](O)c2ccc(OCc3ccc(F)cc3)c3[nH]c(=O)ccc23)cc1. The van der Waals surface area contributed by atoms with Crippen LogP contribution in [-0.2, 0) is 6.61 Å². The number of hydrogen-bond donors (Lipinski definition) is 3. The molecular weight excluding hydrogens is 445 g/mol. The van der Waals surface area contributed by atoms with Crippen LogP contribution in [0.15, 0.2) is 77.6 Å². The minimum absolute atomic E-state index is 0.221. The van der Waals surface area contributed by atoms with Gasteiger partial charge < -0.3 is 25.0 Å². The monoisotopic (exact) mass is 475 g/mol. The van der Waals surface area contributed by atoms with Crippen LogP contribution in [0.1, 0.15) is 31.1 Å². The van der Waals surface area contributed by atoms with Gasteiger partial charge in [-0.1, -0.05) is 18.2 Å². The summed E-state index contributed by atoms with van der Waals surface area (Å²) in [6.45, 7) is 6.67. The lowest BCUT2D eigenvalue weighted by molar-refractivity contribution is 0.193. The van der Waals surface area contributed by atoms with Crippen LogP contribution in [0, 0.1) is 5.82 Å². The van der Waals surface area contributed by atoms with Crippen LogP contribution < -0.4 is 20.5 Å². The Morgan fingerprint density at radius 1 is 0.971 bits per heavy atom. The van der Waals surface area contributed by atoms with Crippen molar-refractivity contribution in [3.63, 3.8) is 0 Å². The van der Waals surface area contributed by atoms with E-state index in [0.29, 0.717) is 28.8 Å². The molecule has 1 heterocycles. The van der Waals surface area contributed by atoms with Crippen LogP contribution >= 0.6 is 0 Å². The van der Waals surface area contributed by atoms with E-state index in [9.17, 15) is 14.3 Å². The van der Waals surface area contributed by atoms with Gasteiger partial charge in [0.2, 0.25) is 5.56 Å². The summed E-state index contributed by atoms with van der Waals surface area (Å²) in [7, 11) is 0. The molecule has 0 aliphatic heterocycles. The van der Waals surface area contributed by atoms with E-state index < -0.39 is 6.10 Å². The lowest BCUT2D eigenvalue weighted by atomic mass is 10.0. The molecule has 35 heavy (non-hydrogen) atoms. The molecule has 4 aromatic rings. The number of benzene rings is 3. The Bertz CT molecular complexity index is 1320. The molecule has 182 valence electrons. The molecule has 0 saturated heterocycles. The first-order valence-electron chi connectivity index (χ1n) is 11.8. The maximum atomic E-state index is 13.2. The number of H-pyrrole nitrogens is 1. The number of aromatic nitrogens is 1. The van der Waals surface area contributed by atoms with Crippen molar-refractivity contribution in [2.45, 2.75) is 26.6 Å². The van der Waals surface area contributed by atoms with Gasteiger partial charge >= 0.3 is 0 Å². The predicted octanol–water partition coefficient (Wildman–Crippen LogP) is 5.24. The van der Waals surface area contributed by atoms with Gasteiger partial charge in [0, 0.05) is 42.5 Å². The van der Waals surface area contributed by atoms with E-state index in [2.05, 4.69) is 41.2 Å². The zero-order chi connectivity index (χ0) is 24.8. The first-order chi connectivity index (χ1) is 17.0. The van der Waals surface area contributed by atoms with Crippen molar-refractivity contribution < 1.29 is 14.2 Å². The molecule has 0 radical (unpaired) electrons. The Kier molecular flexibility index (Phi) is 7.67. The van der Waals surface area contributed by atoms with Gasteiger partial charge in [-0.25, -0.2) is 4.39 Å². The molecule has 4 rings (SSSR count). The number of nitrogens with one attached hydrogen (secondary N) is 2. The number of hydrogen-bond acceptors (Lipinski definition) is 5. The van der Waals surface area contributed by atoms with Crippen LogP contribution in [0.25, 0.3) is 10.9 Å². The highest BCUT2D eigenvalue weighted by Gasteiger charge is 2.15. The topological polar surface area (TPSA) is 77.6 Å². The molecule has 0 aliphatic rings. The highest BCUT2D eigenvalue weighted by molar-refractivity contribution is 5.87. The zero-order valence-corrected chi connectivity index (χ0v) is 19.9. The first-order valence-corrected chi connectivity index (χ1v) is 11.8. The number of aliphatic hydroxyl groups is 1. The number of halogens is 1. The highest BCUT2D eigenvalue weighted by Crippen LogP contribution is 2.30. The van der Waals surface area contributed by atoms with Crippen molar-refractivity contribution in [3.05, 3.63) is 100 Å². The Morgan fingerprint density at radius 3 is 2.37 bits per heavy atom. The number of aliphatic hydroxyl groups excluding tert-OH is 1. The van der Waals surface area contributed by atoms with Crippen LogP contribution in [0.2, 0.25) is 0 Å². The normalized spacial score (nSPS) is 11.9. The van der Waals surface area contributed by atoms with Crippen LogP contribution in [0.4, 0.5) is 15.8 Å². The Labute approximate surface area is 204 Å². The van der Waals surface area contributed by atoms with Crippen LogP contribution in [-0.4, -0.2) is 29.7 Å². The number of fused-ring (bicyclic) bond motifs is 1. The third-order valence-electron chi connectivity index (χ3n) is 6.05. The summed E-state index contributed by atoms with van der Waals surface area (Å²) in [6, 6.07) is 20.9. The smallest absolute Gasteiger partial charge is 0.248 e. The average molecular weight is 476 g/mol. The number of nitrogens with zero attached hydrogens (tertiary/aromatic N) is 1. The average Bonchev–Trinajstić information content (AvgIpc) is 2.88. The van der Waals surface area contributed by atoms with Crippen molar-refractivity contribution in [2.75, 3.05) is 29.9 Å². The van der Waals surface area contributed by atoms with Crippen molar-refractivity contribution in [2.24, 2.45) is 0 Å². The molecule has 0 fully saturated rings. The van der Waals surface area contributed by atoms with E-state index in [1.807, 2.05) is 12.1 Å². The lowest BCUT2D eigenvalue weighted by Crippen LogP contribution is -2.21. The molecular formula is C28H30FN3O3. The van der Waals surface area contributed by atoms with Gasteiger partial charge in [-0.3, -0.25) is 4.79 Å². The van der Waals surface area contributed by atoms with Crippen molar-refractivity contribution >= 4 is 22.3 Å². The molecule has 0 saturated carbocycles. The first kappa shape index (κ1) is 24.3. The van der Waals surface area contributed by atoms with Gasteiger partial charge in [0.25, 0.3) is 0 Å². The van der Waals surface area contributed by atoms with Gasteiger partial charge in [-0.05, 0) is 73.5 Å². The van der Waals surface area contributed by atoms with E-state index in [4.69, 9.17) is 4.74 Å². The maximum absolute atomic E-state index is 13.2. The number of ether oxygens (including phenoxy) is 1. The Morgan fingerprint density at radius 2 is 1.69 bits per heavy atom. The van der Waals surface area contributed by atoms with Crippen LogP contribution in [0.3, 0.4) is 0 Å². The summed E-state index contributed by atoms with van der Waals surface area (Å²) in [6.07, 6.45) is -0.808. The summed E-state index contributed by atoms with van der Waals surface area (Å²) >= 11 is 0. The Balaban J connectivity index is 1.50. The number of pyridine rings is 1. The van der Waals surface area contributed by atoms with Gasteiger partial charge in [-0.2, -0.15) is 0 Å². The second kappa shape index (κ2) is 11.1. The van der Waals surface area contributed by atoms with E-state index in [1.54, 1.807) is 30.3 Å². The minimum Gasteiger partial charge on any atom is -0.487 e. The summed E-state index contributed by atoms with van der Waals surface area (Å²) in [5.74, 6) is 0.174. The highest BCUT2D eigenvalue weighted by atomic mass is 19.1. The summed E-state index contributed by atoms with van der Waals surface area (Å²) < 4.78 is 19.1. The molecule has 0 bridgehead atoms. The largest absolute Gasteiger partial charge is 0.487 e. The van der Waals surface area contributed by atoms with Gasteiger partial charge in [-0.15, -0.1) is 0 Å². The van der Waals surface area contributed by atoms with Gasteiger partial charge in [0.1, 0.15) is 18.2 Å². The zero-order valence-electron chi connectivity index (χ0n) is 19.9. The van der Waals surface area contributed by atoms with Crippen molar-refractivity contribution in [3.8, 4) is 5.75 Å². The fourth-order valence-corrected chi connectivity index (χ4v) is 4.10. The maximum Gasteiger partial charge on any atom is 0.248 e. The lowest BCUT2D eigenvalue weighted by Gasteiger charge is -2.21. The van der Waals surface area contributed by atoms with E-state index in [1.165, 1.54) is 18.2 Å². The molecule has 0 spiro atoms. The molecule has 1 atom stereocenters. The van der Waals surface area contributed by atoms with Crippen LogP contribution in [0.5, 0.6) is 5.75 Å². The molecule has 0 aliphatic carbocycles. The fraction of sp³-hybridized carbons (Fsp3) is 0.250. The van der Waals surface area contributed by atoms with Gasteiger partial charge in [0.05, 0.1) is 11.6 Å². The molecule has 1 aromatic heterocycles. The summed E-state index contributed by atoms with van der Waals surface area (Å²) in [5, 5.41) is 14.9. The standard InChI is InChI=1S/C28H30FN3O3/c1-3-32(4-2)22-11-9-21(10-12-22)30-17-25(33)23-13-15-26(28-24(23)14-16-27(34)31-28)35-18-19-5-7-20(29)8-6-19/h5-16,25,30,33H,3-4,17-18H2,1-2H3,(H,31,34)/t25-/m1/s1. The number of aromatic amines is 1. The van der Waals surface area contributed by atoms with E-state index in [0.717, 1.165) is 30.0 Å². The Hall–Kier alpha value is -3.84. The number of rotatable bonds is 10. The van der Waals surface area contributed by atoms with Crippen molar-refractivity contribution in [1.82, 2.24) is 4.98 Å². The molecule has 3 aromatic carbocycles. The summed E-state index contributed by atoms with van der Waals surface area (Å²) in [4.78, 5) is 17.1. The third-order valence-corrected chi connectivity index (χ3v) is 6.05. The van der Waals surface area contributed by atoms with E-state index in [-0.39, 0.29) is 18.0 Å². The fourth-order valence-electron chi connectivity index (χ4n) is 4.10. The number of anilines is 2. The van der Waals surface area contributed by atoms with E-state index >= 15 is 0 Å².